The van der Waals surface area contributed by atoms with Gasteiger partial charge in [0.25, 0.3) is 5.91 Å². The van der Waals surface area contributed by atoms with Gasteiger partial charge in [-0.2, -0.15) is 0 Å². The van der Waals surface area contributed by atoms with E-state index in [1.807, 2.05) is 0 Å². The van der Waals surface area contributed by atoms with Crippen molar-refractivity contribution in [2.24, 2.45) is 5.92 Å². The molecule has 1 amide bonds. The van der Waals surface area contributed by atoms with Gasteiger partial charge in [0.15, 0.2) is 11.6 Å². The first-order chi connectivity index (χ1) is 8.09. The molecule has 0 bridgehead atoms. The Kier molecular flexibility index (Phi) is 3.38. The van der Waals surface area contributed by atoms with Gasteiger partial charge in [0, 0.05) is 6.54 Å². The molecule has 0 aromatic heterocycles. The maximum Gasteiger partial charge on any atom is 0.254 e. The number of halogens is 2. The highest BCUT2D eigenvalue weighted by molar-refractivity contribution is 5.94. The molecule has 0 radical (unpaired) electrons. The van der Waals surface area contributed by atoms with E-state index < -0.39 is 23.6 Å². The largest absolute Gasteiger partial charge is 0.391 e. The third-order valence-corrected chi connectivity index (χ3v) is 2.83. The van der Waals surface area contributed by atoms with Crippen molar-refractivity contribution in [3.63, 3.8) is 0 Å². The highest BCUT2D eigenvalue weighted by atomic mass is 19.2. The van der Waals surface area contributed by atoms with E-state index in [2.05, 4.69) is 5.32 Å². The number of benzene rings is 1. The second-order valence-corrected chi connectivity index (χ2v) is 4.22. The van der Waals surface area contributed by atoms with Crippen LogP contribution >= 0.6 is 0 Å². The molecule has 0 spiro atoms. The molecule has 1 atom stereocenters. The molecule has 1 fully saturated rings. The predicted molar refractivity (Wildman–Crippen MR) is 57.4 cm³/mol. The zero-order valence-electron chi connectivity index (χ0n) is 9.12. The lowest BCUT2D eigenvalue weighted by Gasteiger charge is -2.11. The molecule has 5 heteroatoms. The van der Waals surface area contributed by atoms with Crippen molar-refractivity contribution in [1.29, 1.82) is 0 Å². The molecule has 1 aromatic rings. The number of aliphatic hydroxyl groups excluding tert-OH is 1. The lowest BCUT2D eigenvalue weighted by Crippen LogP contribution is -2.33. The van der Waals surface area contributed by atoms with Crippen molar-refractivity contribution in [2.45, 2.75) is 18.9 Å². The van der Waals surface area contributed by atoms with Crippen molar-refractivity contribution in [2.75, 3.05) is 6.54 Å². The Bertz CT molecular complexity index is 433. The van der Waals surface area contributed by atoms with Crippen LogP contribution in [0.15, 0.2) is 18.2 Å². The molecule has 1 aromatic carbocycles. The highest BCUT2D eigenvalue weighted by Crippen LogP contribution is 2.32. The van der Waals surface area contributed by atoms with E-state index in [1.54, 1.807) is 0 Å². The molecule has 1 aliphatic carbocycles. The second-order valence-electron chi connectivity index (χ2n) is 4.22. The summed E-state index contributed by atoms with van der Waals surface area (Å²) in [4.78, 5) is 11.5. The smallest absolute Gasteiger partial charge is 0.254 e. The number of carbonyl (C=O) groups excluding carboxylic acids is 1. The Balaban J connectivity index is 1.96. The first kappa shape index (κ1) is 12.0. The average molecular weight is 241 g/mol. The second kappa shape index (κ2) is 4.79. The van der Waals surface area contributed by atoms with E-state index in [-0.39, 0.29) is 18.0 Å². The van der Waals surface area contributed by atoms with Gasteiger partial charge in [-0.05, 0) is 30.9 Å². The van der Waals surface area contributed by atoms with Gasteiger partial charge < -0.3 is 10.4 Å². The number of hydrogen-bond donors (Lipinski definition) is 2. The minimum absolute atomic E-state index is 0.0689. The fourth-order valence-corrected chi connectivity index (χ4v) is 1.62. The Hall–Kier alpha value is -1.49. The minimum Gasteiger partial charge on any atom is -0.391 e. The summed E-state index contributed by atoms with van der Waals surface area (Å²) in [7, 11) is 0. The van der Waals surface area contributed by atoms with Gasteiger partial charge in [0.1, 0.15) is 0 Å². The Morgan fingerprint density at radius 3 is 2.82 bits per heavy atom. The number of amides is 1. The van der Waals surface area contributed by atoms with Crippen molar-refractivity contribution < 1.29 is 18.7 Å². The Labute approximate surface area is 97.5 Å². The van der Waals surface area contributed by atoms with E-state index in [0.29, 0.717) is 0 Å². The van der Waals surface area contributed by atoms with Gasteiger partial charge in [-0.15, -0.1) is 0 Å². The van der Waals surface area contributed by atoms with E-state index in [1.165, 1.54) is 12.1 Å². The molecule has 0 heterocycles. The zero-order chi connectivity index (χ0) is 12.4. The molecule has 3 nitrogen and oxygen atoms in total. The zero-order valence-corrected chi connectivity index (χ0v) is 9.12. The summed E-state index contributed by atoms with van der Waals surface area (Å²) in [5.74, 6) is -2.69. The monoisotopic (exact) mass is 241 g/mol. The number of rotatable bonds is 4. The summed E-state index contributed by atoms with van der Waals surface area (Å²) in [6.45, 7) is 0.0689. The lowest BCUT2D eigenvalue weighted by molar-refractivity contribution is 0.0896. The van der Waals surface area contributed by atoms with Gasteiger partial charge in [-0.25, -0.2) is 8.78 Å². The van der Waals surface area contributed by atoms with Crippen molar-refractivity contribution in [3.8, 4) is 0 Å². The van der Waals surface area contributed by atoms with Crippen LogP contribution in [0, 0.1) is 17.6 Å². The summed E-state index contributed by atoms with van der Waals surface area (Å²) < 4.78 is 26.1. The van der Waals surface area contributed by atoms with Crippen molar-refractivity contribution in [3.05, 3.63) is 35.4 Å². The fraction of sp³-hybridized carbons (Fsp3) is 0.417. The van der Waals surface area contributed by atoms with E-state index in [4.69, 9.17) is 0 Å². The van der Waals surface area contributed by atoms with Gasteiger partial charge in [0.05, 0.1) is 11.7 Å². The molecule has 17 heavy (non-hydrogen) atoms. The molecule has 2 rings (SSSR count). The van der Waals surface area contributed by atoms with E-state index in [0.717, 1.165) is 18.9 Å². The summed E-state index contributed by atoms with van der Waals surface area (Å²) in [5, 5.41) is 11.9. The average Bonchev–Trinajstić information content (AvgIpc) is 3.13. The molecule has 1 unspecified atom stereocenters. The van der Waals surface area contributed by atoms with Crippen LogP contribution in [0.4, 0.5) is 8.78 Å². The number of carbonyl (C=O) groups is 1. The van der Waals surface area contributed by atoms with Crippen LogP contribution in [0.5, 0.6) is 0 Å². The van der Waals surface area contributed by atoms with E-state index in [9.17, 15) is 18.7 Å². The third kappa shape index (κ3) is 2.79. The quantitative estimate of drug-likeness (QED) is 0.838. The maximum atomic E-state index is 13.2. The van der Waals surface area contributed by atoms with Crippen LogP contribution in [-0.2, 0) is 0 Å². The fourth-order valence-electron chi connectivity index (χ4n) is 1.62. The Morgan fingerprint density at radius 2 is 2.18 bits per heavy atom. The molecular formula is C12H13F2NO2. The van der Waals surface area contributed by atoms with Crippen LogP contribution in [0.2, 0.25) is 0 Å². The van der Waals surface area contributed by atoms with Crippen LogP contribution in [0.3, 0.4) is 0 Å². The van der Waals surface area contributed by atoms with Gasteiger partial charge >= 0.3 is 0 Å². The first-order valence-corrected chi connectivity index (χ1v) is 5.50. The lowest BCUT2D eigenvalue weighted by atomic mass is 10.1. The number of aliphatic hydroxyl groups is 1. The maximum absolute atomic E-state index is 13.2. The minimum atomic E-state index is -1.16. The van der Waals surface area contributed by atoms with Crippen LogP contribution in [-0.4, -0.2) is 23.7 Å². The summed E-state index contributed by atoms with van der Waals surface area (Å²) in [5.41, 5.74) is -0.340. The predicted octanol–water partition coefficient (Wildman–Crippen LogP) is 1.47. The topological polar surface area (TPSA) is 49.3 Å². The summed E-state index contributed by atoms with van der Waals surface area (Å²) in [6, 6.07) is 3.42. The molecule has 92 valence electrons. The van der Waals surface area contributed by atoms with Gasteiger partial charge in [0.2, 0.25) is 0 Å². The third-order valence-electron chi connectivity index (χ3n) is 2.83. The van der Waals surface area contributed by atoms with Crippen molar-refractivity contribution >= 4 is 5.91 Å². The van der Waals surface area contributed by atoms with Crippen LogP contribution in [0.1, 0.15) is 23.2 Å². The SMILES string of the molecule is O=C(NCC(O)C1CC1)c1cccc(F)c1F. The standard InChI is InChI=1S/C12H13F2NO2/c13-9-3-1-2-8(11(9)14)12(17)15-6-10(16)7-4-5-7/h1-3,7,10,16H,4-6H2,(H,15,17). The van der Waals surface area contributed by atoms with Crippen LogP contribution < -0.4 is 5.32 Å². The van der Waals surface area contributed by atoms with Gasteiger partial charge in [-0.3, -0.25) is 4.79 Å². The normalized spacial score (nSPS) is 16.6. The molecule has 1 aliphatic rings. The van der Waals surface area contributed by atoms with Gasteiger partial charge in [-0.1, -0.05) is 6.07 Å². The summed E-state index contributed by atoms with van der Waals surface area (Å²) >= 11 is 0. The van der Waals surface area contributed by atoms with Crippen LogP contribution in [0.25, 0.3) is 0 Å². The van der Waals surface area contributed by atoms with E-state index >= 15 is 0 Å². The summed E-state index contributed by atoms with van der Waals surface area (Å²) in [6.07, 6.45) is 1.30. The van der Waals surface area contributed by atoms with Crippen molar-refractivity contribution in [1.82, 2.24) is 5.32 Å². The molecule has 1 saturated carbocycles. The highest BCUT2D eigenvalue weighted by Gasteiger charge is 2.30. The Morgan fingerprint density at radius 1 is 1.47 bits per heavy atom. The number of hydrogen-bond acceptors (Lipinski definition) is 2. The molecule has 0 saturated heterocycles. The molecule has 2 N–H and O–H groups in total. The molecular weight excluding hydrogens is 228 g/mol. The molecule has 0 aliphatic heterocycles. The first-order valence-electron chi connectivity index (χ1n) is 5.50. The number of nitrogens with one attached hydrogen (secondary N) is 1.